The van der Waals surface area contributed by atoms with Crippen LogP contribution in [0.3, 0.4) is 0 Å². The van der Waals surface area contributed by atoms with E-state index in [0.717, 1.165) is 24.6 Å². The topological polar surface area (TPSA) is 87.5 Å². The van der Waals surface area contributed by atoms with Gasteiger partial charge in [0.1, 0.15) is 18.9 Å². The number of ether oxygens (including phenoxy) is 1. The Morgan fingerprint density at radius 2 is 2.22 bits per heavy atom. The van der Waals surface area contributed by atoms with Crippen LogP contribution in [0, 0.1) is 0 Å². The third kappa shape index (κ3) is 4.49. The molecule has 1 atom stereocenters. The van der Waals surface area contributed by atoms with Crippen molar-refractivity contribution in [2.75, 3.05) is 19.8 Å². The van der Waals surface area contributed by atoms with Crippen LogP contribution in [-0.4, -0.2) is 50.4 Å². The Morgan fingerprint density at radius 3 is 2.72 bits per heavy atom. The summed E-state index contributed by atoms with van der Waals surface area (Å²) in [5, 5.41) is 22.4. The molecule has 0 aromatic carbocycles. The number of β-amino-alcohol motifs (C(OH)–C–C–N with tert-alkyl or cyclic N) is 1. The molecule has 3 N–H and O–H groups in total. The van der Waals surface area contributed by atoms with E-state index >= 15 is 0 Å². The number of nitrogens with zero attached hydrogens (tertiary/aromatic N) is 2. The minimum Gasteiger partial charge on any atom is -0.473 e. The molecule has 7 heteroatoms. The van der Waals surface area contributed by atoms with Gasteiger partial charge in [-0.3, -0.25) is 0 Å². The first-order chi connectivity index (χ1) is 8.65. The number of nitrogens with one attached hydrogen (secondary N) is 1. The summed E-state index contributed by atoms with van der Waals surface area (Å²) in [6.07, 6.45) is 2.49. The summed E-state index contributed by atoms with van der Waals surface area (Å²) in [7, 11) is 0. The maximum Gasteiger partial charge on any atom is 0.245 e. The van der Waals surface area contributed by atoms with Crippen molar-refractivity contribution < 1.29 is 14.9 Å². The van der Waals surface area contributed by atoms with Gasteiger partial charge < -0.3 is 20.3 Å². The molecule has 1 unspecified atom stereocenters. The molecule has 0 bridgehead atoms. The van der Waals surface area contributed by atoms with Crippen molar-refractivity contribution in [3.8, 4) is 5.88 Å². The fraction of sp³-hybridized carbons (Fsp3) is 0.818. The summed E-state index contributed by atoms with van der Waals surface area (Å²) in [5.74, 6) is 0.429. The third-order valence-corrected chi connectivity index (χ3v) is 3.59. The summed E-state index contributed by atoms with van der Waals surface area (Å²) < 4.78 is 12.9. The monoisotopic (exact) mass is 275 g/mol. The molecule has 1 aromatic heterocycles. The minimum atomic E-state index is -0.643. The lowest BCUT2D eigenvalue weighted by Crippen LogP contribution is -2.50. The smallest absolute Gasteiger partial charge is 0.245 e. The molecule has 0 aliphatic heterocycles. The molecule has 0 aliphatic carbocycles. The van der Waals surface area contributed by atoms with E-state index in [2.05, 4.69) is 14.1 Å². The standard InChI is InChI=1S/C11H21N3O3S/c1-3-11(4-2,8-15)12-5-9(16)7-17-10-6-13-18-14-10/h6,9,12,15-16H,3-5,7-8H2,1-2H3. The van der Waals surface area contributed by atoms with Crippen LogP contribution in [0.15, 0.2) is 6.20 Å². The maximum absolute atomic E-state index is 9.78. The molecule has 0 aliphatic rings. The second kappa shape index (κ2) is 7.63. The Bertz CT molecular complexity index is 309. The number of rotatable bonds is 9. The fourth-order valence-electron chi connectivity index (χ4n) is 1.57. The fourth-order valence-corrected chi connectivity index (χ4v) is 1.94. The largest absolute Gasteiger partial charge is 0.473 e. The molecule has 0 amide bonds. The van der Waals surface area contributed by atoms with Crippen LogP contribution in [0.1, 0.15) is 26.7 Å². The first-order valence-electron chi connectivity index (χ1n) is 6.10. The second-order valence-electron chi connectivity index (χ2n) is 4.24. The number of aliphatic hydroxyl groups is 2. The molecule has 104 valence electrons. The van der Waals surface area contributed by atoms with Gasteiger partial charge in [0, 0.05) is 12.1 Å². The van der Waals surface area contributed by atoms with Crippen LogP contribution in [0.4, 0.5) is 0 Å². The Hall–Kier alpha value is -0.760. The third-order valence-electron chi connectivity index (χ3n) is 3.13. The predicted molar refractivity (Wildman–Crippen MR) is 69.8 cm³/mol. The van der Waals surface area contributed by atoms with Crippen LogP contribution < -0.4 is 10.1 Å². The number of aromatic nitrogens is 2. The molecule has 0 radical (unpaired) electrons. The number of aliphatic hydroxyl groups excluding tert-OH is 2. The Labute approximate surface area is 111 Å². The normalized spacial score (nSPS) is 13.6. The van der Waals surface area contributed by atoms with Crippen molar-refractivity contribution in [2.24, 2.45) is 0 Å². The van der Waals surface area contributed by atoms with E-state index in [-0.39, 0.29) is 18.8 Å². The van der Waals surface area contributed by atoms with Crippen molar-refractivity contribution in [3.63, 3.8) is 0 Å². The van der Waals surface area contributed by atoms with Gasteiger partial charge in [-0.05, 0) is 12.8 Å². The highest BCUT2D eigenvalue weighted by Crippen LogP contribution is 2.14. The van der Waals surface area contributed by atoms with Crippen molar-refractivity contribution in [3.05, 3.63) is 6.20 Å². The number of hydrogen-bond donors (Lipinski definition) is 3. The van der Waals surface area contributed by atoms with Gasteiger partial charge in [-0.1, -0.05) is 13.8 Å². The molecule has 0 saturated heterocycles. The van der Waals surface area contributed by atoms with Crippen LogP contribution in [0.25, 0.3) is 0 Å². The molecule has 0 fully saturated rings. The van der Waals surface area contributed by atoms with E-state index in [1.165, 1.54) is 6.20 Å². The zero-order chi connectivity index (χ0) is 13.4. The van der Waals surface area contributed by atoms with Gasteiger partial charge >= 0.3 is 0 Å². The van der Waals surface area contributed by atoms with E-state index < -0.39 is 6.10 Å². The van der Waals surface area contributed by atoms with Gasteiger partial charge in [0.25, 0.3) is 0 Å². The first kappa shape index (κ1) is 15.3. The Balaban J connectivity index is 2.29. The van der Waals surface area contributed by atoms with Gasteiger partial charge in [-0.2, -0.15) is 4.37 Å². The Kier molecular flexibility index (Phi) is 6.48. The van der Waals surface area contributed by atoms with E-state index in [4.69, 9.17) is 4.74 Å². The van der Waals surface area contributed by atoms with Gasteiger partial charge in [0.2, 0.25) is 5.88 Å². The lowest BCUT2D eigenvalue weighted by atomic mass is 9.94. The minimum absolute atomic E-state index is 0.0591. The van der Waals surface area contributed by atoms with Crippen molar-refractivity contribution in [1.82, 2.24) is 14.1 Å². The zero-order valence-electron chi connectivity index (χ0n) is 10.8. The van der Waals surface area contributed by atoms with Gasteiger partial charge in [0.15, 0.2) is 0 Å². The van der Waals surface area contributed by atoms with Crippen molar-refractivity contribution >= 4 is 11.7 Å². The summed E-state index contributed by atoms with van der Waals surface area (Å²) in [6.45, 7) is 4.61. The summed E-state index contributed by atoms with van der Waals surface area (Å²) in [4.78, 5) is 0. The van der Waals surface area contributed by atoms with Gasteiger partial charge in [-0.25, -0.2) is 0 Å². The molecule has 1 aromatic rings. The quantitative estimate of drug-likeness (QED) is 0.605. The molecule has 0 spiro atoms. The highest BCUT2D eigenvalue weighted by molar-refractivity contribution is 6.99. The lowest BCUT2D eigenvalue weighted by molar-refractivity contribution is 0.0800. The van der Waals surface area contributed by atoms with Crippen LogP contribution in [-0.2, 0) is 0 Å². The molecule has 6 nitrogen and oxygen atoms in total. The Morgan fingerprint density at radius 1 is 1.50 bits per heavy atom. The molecular weight excluding hydrogens is 254 g/mol. The number of hydrogen-bond acceptors (Lipinski definition) is 7. The summed E-state index contributed by atoms with van der Waals surface area (Å²) >= 11 is 1.06. The molecule has 0 saturated carbocycles. The van der Waals surface area contributed by atoms with Crippen LogP contribution in [0.2, 0.25) is 0 Å². The molecule has 1 rings (SSSR count). The van der Waals surface area contributed by atoms with Crippen LogP contribution in [0.5, 0.6) is 5.88 Å². The van der Waals surface area contributed by atoms with E-state index in [0.29, 0.717) is 12.4 Å². The zero-order valence-corrected chi connectivity index (χ0v) is 11.6. The molecular formula is C11H21N3O3S. The highest BCUT2D eigenvalue weighted by Gasteiger charge is 2.25. The lowest BCUT2D eigenvalue weighted by Gasteiger charge is -2.31. The highest BCUT2D eigenvalue weighted by atomic mass is 32.1. The predicted octanol–water partition coefficient (Wildman–Crippen LogP) is 0.418. The van der Waals surface area contributed by atoms with E-state index in [1.807, 2.05) is 13.8 Å². The summed E-state index contributed by atoms with van der Waals surface area (Å²) in [6, 6.07) is 0. The van der Waals surface area contributed by atoms with Crippen molar-refractivity contribution in [2.45, 2.75) is 38.3 Å². The van der Waals surface area contributed by atoms with E-state index in [9.17, 15) is 10.2 Å². The second-order valence-corrected chi connectivity index (χ2v) is 4.79. The first-order valence-corrected chi connectivity index (χ1v) is 6.83. The van der Waals surface area contributed by atoms with Crippen molar-refractivity contribution in [1.29, 1.82) is 0 Å². The molecule has 18 heavy (non-hydrogen) atoms. The average Bonchev–Trinajstić information content (AvgIpc) is 2.92. The van der Waals surface area contributed by atoms with Gasteiger partial charge in [-0.15, -0.1) is 4.37 Å². The average molecular weight is 275 g/mol. The SMILES string of the molecule is CCC(CC)(CO)NCC(O)COc1cnsn1. The summed E-state index contributed by atoms with van der Waals surface area (Å²) in [5.41, 5.74) is -0.316. The molecule has 1 heterocycles. The van der Waals surface area contributed by atoms with Gasteiger partial charge in [0.05, 0.1) is 18.3 Å². The maximum atomic E-state index is 9.78. The van der Waals surface area contributed by atoms with E-state index in [1.54, 1.807) is 0 Å². The van der Waals surface area contributed by atoms with Crippen LogP contribution >= 0.6 is 11.7 Å².